The maximum Gasteiger partial charge on any atom is 0.119 e. The van der Waals surface area contributed by atoms with Crippen LogP contribution >= 0.6 is 0 Å². The molecule has 3 rings (SSSR count). The lowest BCUT2D eigenvalue weighted by atomic mass is 9.94. The predicted octanol–water partition coefficient (Wildman–Crippen LogP) is 8.59. The van der Waals surface area contributed by atoms with E-state index in [0.29, 0.717) is 0 Å². The molecule has 1 unspecified atom stereocenters. The zero-order chi connectivity index (χ0) is 22.6. The molecule has 0 fully saturated rings. The average molecular weight is 430 g/mol. The Hall–Kier alpha value is -2.61. The van der Waals surface area contributed by atoms with Gasteiger partial charge in [-0.25, -0.2) is 0 Å². The molecule has 0 bridgehead atoms. The molecule has 0 N–H and O–H groups in total. The molecule has 0 aliphatic carbocycles. The van der Waals surface area contributed by atoms with Gasteiger partial charge in [0.2, 0.25) is 0 Å². The Morgan fingerprint density at radius 2 is 1.38 bits per heavy atom. The fourth-order valence-corrected chi connectivity index (χ4v) is 4.02. The minimum Gasteiger partial charge on any atom is -0.494 e. The summed E-state index contributed by atoms with van der Waals surface area (Å²) >= 11 is 0. The van der Waals surface area contributed by atoms with Gasteiger partial charge in [-0.1, -0.05) is 95.3 Å². The van der Waals surface area contributed by atoms with Crippen molar-refractivity contribution in [3.63, 3.8) is 0 Å². The van der Waals surface area contributed by atoms with E-state index in [-0.39, 0.29) is 5.92 Å². The van der Waals surface area contributed by atoms with E-state index in [0.717, 1.165) is 30.9 Å². The Kier molecular flexibility index (Phi) is 9.81. The van der Waals surface area contributed by atoms with Crippen molar-refractivity contribution in [2.75, 3.05) is 6.61 Å². The van der Waals surface area contributed by atoms with Crippen LogP contribution in [-0.2, 0) is 6.42 Å². The van der Waals surface area contributed by atoms with Gasteiger partial charge < -0.3 is 4.74 Å². The number of nitrogens with zero attached hydrogens (tertiary/aromatic N) is 1. The Morgan fingerprint density at radius 1 is 0.719 bits per heavy atom. The molecule has 2 aromatic carbocycles. The van der Waals surface area contributed by atoms with Crippen LogP contribution in [0.3, 0.4) is 0 Å². The normalized spacial score (nSPS) is 12.0. The number of ether oxygens (including phenoxy) is 1. The number of rotatable bonds is 13. The highest BCUT2D eigenvalue weighted by atomic mass is 16.5. The van der Waals surface area contributed by atoms with Crippen LogP contribution in [-0.4, -0.2) is 11.6 Å². The highest BCUT2D eigenvalue weighted by Gasteiger charge is 2.10. The maximum atomic E-state index is 5.87. The quantitative estimate of drug-likeness (QED) is 0.254. The lowest BCUT2D eigenvalue weighted by Gasteiger charge is -2.13. The predicted molar refractivity (Wildman–Crippen MR) is 136 cm³/mol. The van der Waals surface area contributed by atoms with Crippen molar-refractivity contribution < 1.29 is 4.74 Å². The molecule has 1 atom stereocenters. The van der Waals surface area contributed by atoms with Crippen molar-refractivity contribution >= 4 is 0 Å². The molecule has 0 spiro atoms. The molecule has 0 radical (unpaired) electrons. The van der Waals surface area contributed by atoms with E-state index in [2.05, 4.69) is 87.6 Å². The largest absolute Gasteiger partial charge is 0.494 e. The van der Waals surface area contributed by atoms with E-state index in [1.165, 1.54) is 60.8 Å². The summed E-state index contributed by atoms with van der Waals surface area (Å²) in [6, 6.07) is 21.8. The van der Waals surface area contributed by atoms with Gasteiger partial charge in [-0.3, -0.25) is 4.98 Å². The van der Waals surface area contributed by atoms with Crippen molar-refractivity contribution in [2.24, 2.45) is 0 Å². The average Bonchev–Trinajstić information content (AvgIpc) is 2.85. The number of hydrogen-bond acceptors (Lipinski definition) is 2. The molecule has 2 nitrogen and oxygen atoms in total. The zero-order valence-corrected chi connectivity index (χ0v) is 20.1. The van der Waals surface area contributed by atoms with Crippen molar-refractivity contribution in [3.8, 4) is 16.9 Å². The van der Waals surface area contributed by atoms with Crippen LogP contribution in [0.2, 0.25) is 0 Å². The summed E-state index contributed by atoms with van der Waals surface area (Å²) in [6.07, 6.45) is 11.9. The van der Waals surface area contributed by atoms with Gasteiger partial charge >= 0.3 is 0 Å². The molecule has 0 saturated heterocycles. The summed E-state index contributed by atoms with van der Waals surface area (Å²) in [6.45, 7) is 7.52. The minimum atomic E-state index is 0.289. The number of aromatic nitrogens is 1. The number of pyridine rings is 1. The van der Waals surface area contributed by atoms with Gasteiger partial charge in [-0.2, -0.15) is 0 Å². The number of hydrogen-bond donors (Lipinski definition) is 0. The second-order valence-electron chi connectivity index (χ2n) is 8.83. The first-order chi connectivity index (χ1) is 15.7. The van der Waals surface area contributed by atoms with Gasteiger partial charge in [0.05, 0.1) is 6.61 Å². The summed E-state index contributed by atoms with van der Waals surface area (Å²) in [5, 5.41) is 0. The van der Waals surface area contributed by atoms with Gasteiger partial charge in [-0.15, -0.1) is 0 Å². The molecule has 3 aromatic rings. The Morgan fingerprint density at radius 3 is 2.00 bits per heavy atom. The molecule has 32 heavy (non-hydrogen) atoms. The topological polar surface area (TPSA) is 22.1 Å². The van der Waals surface area contributed by atoms with Gasteiger partial charge in [0.1, 0.15) is 5.75 Å². The summed E-state index contributed by atoms with van der Waals surface area (Å²) in [4.78, 5) is 4.75. The Labute approximate surface area is 195 Å². The third-order valence-electron chi connectivity index (χ3n) is 6.23. The van der Waals surface area contributed by atoms with Crippen LogP contribution in [0.4, 0.5) is 0 Å². The smallest absolute Gasteiger partial charge is 0.119 e. The maximum absolute atomic E-state index is 5.87. The lowest BCUT2D eigenvalue weighted by Crippen LogP contribution is -2.00. The molecule has 0 saturated carbocycles. The zero-order valence-electron chi connectivity index (χ0n) is 20.1. The molecule has 1 aromatic heterocycles. The standard InChI is InChI=1S/C30H39NO/c1-4-6-8-10-22-32-29-19-17-28(18-20-29)27-15-13-26(14-16-27)24(3)30-21-12-25(23-31-30)11-9-7-5-2/h12-21,23-24H,4-11,22H2,1-3H3. The first-order valence-corrected chi connectivity index (χ1v) is 12.5. The number of benzene rings is 2. The first kappa shape index (κ1) is 24.0. The third kappa shape index (κ3) is 7.22. The van der Waals surface area contributed by atoms with Crippen molar-refractivity contribution in [1.82, 2.24) is 4.98 Å². The van der Waals surface area contributed by atoms with E-state index in [1.807, 2.05) is 0 Å². The van der Waals surface area contributed by atoms with Crippen LogP contribution in [0, 0.1) is 0 Å². The van der Waals surface area contributed by atoms with Crippen LogP contribution in [0.5, 0.6) is 5.75 Å². The minimum absolute atomic E-state index is 0.289. The van der Waals surface area contributed by atoms with Gasteiger partial charge in [0, 0.05) is 17.8 Å². The molecular weight excluding hydrogens is 390 g/mol. The van der Waals surface area contributed by atoms with Crippen LogP contribution in [0.1, 0.15) is 88.5 Å². The summed E-state index contributed by atoms with van der Waals surface area (Å²) < 4.78 is 5.87. The molecule has 0 aliphatic heterocycles. The van der Waals surface area contributed by atoms with Crippen molar-refractivity contribution in [3.05, 3.63) is 83.7 Å². The second-order valence-corrected chi connectivity index (χ2v) is 8.83. The van der Waals surface area contributed by atoms with Gasteiger partial charge in [-0.05, 0) is 59.7 Å². The number of unbranched alkanes of at least 4 members (excludes halogenated alkanes) is 5. The fraction of sp³-hybridized carbons (Fsp3) is 0.433. The van der Waals surface area contributed by atoms with E-state index >= 15 is 0 Å². The van der Waals surface area contributed by atoms with E-state index in [4.69, 9.17) is 9.72 Å². The first-order valence-electron chi connectivity index (χ1n) is 12.5. The van der Waals surface area contributed by atoms with Crippen molar-refractivity contribution in [1.29, 1.82) is 0 Å². The lowest BCUT2D eigenvalue weighted by molar-refractivity contribution is 0.305. The van der Waals surface area contributed by atoms with Crippen molar-refractivity contribution in [2.45, 2.75) is 78.1 Å². The third-order valence-corrected chi connectivity index (χ3v) is 6.23. The monoisotopic (exact) mass is 429 g/mol. The van der Waals surface area contributed by atoms with E-state index in [1.54, 1.807) is 0 Å². The molecule has 1 heterocycles. The van der Waals surface area contributed by atoms with Gasteiger partial charge in [0.25, 0.3) is 0 Å². The molecule has 2 heteroatoms. The molecule has 170 valence electrons. The summed E-state index contributed by atoms with van der Waals surface area (Å²) in [5.41, 5.74) is 6.23. The van der Waals surface area contributed by atoms with Crippen LogP contribution in [0.25, 0.3) is 11.1 Å². The molecular formula is C30H39NO. The molecule has 0 aliphatic rings. The van der Waals surface area contributed by atoms with Crippen LogP contribution < -0.4 is 4.74 Å². The highest BCUT2D eigenvalue weighted by molar-refractivity contribution is 5.64. The van der Waals surface area contributed by atoms with E-state index in [9.17, 15) is 0 Å². The summed E-state index contributed by atoms with van der Waals surface area (Å²) in [5.74, 6) is 1.25. The highest BCUT2D eigenvalue weighted by Crippen LogP contribution is 2.27. The number of aryl methyl sites for hydroxylation is 1. The van der Waals surface area contributed by atoms with Crippen LogP contribution in [0.15, 0.2) is 66.9 Å². The van der Waals surface area contributed by atoms with E-state index < -0.39 is 0 Å². The Bertz CT molecular complexity index is 897. The Balaban J connectivity index is 1.56. The SMILES string of the molecule is CCCCCCOc1ccc(-c2ccc(C(C)c3ccc(CCCCC)cn3)cc2)cc1. The second kappa shape index (κ2) is 13.1. The summed E-state index contributed by atoms with van der Waals surface area (Å²) in [7, 11) is 0. The fourth-order valence-electron chi connectivity index (χ4n) is 4.02. The van der Waals surface area contributed by atoms with Gasteiger partial charge in [0.15, 0.2) is 0 Å². The molecule has 0 amide bonds.